The van der Waals surface area contributed by atoms with Gasteiger partial charge in [0, 0.05) is 13.2 Å². The first kappa shape index (κ1) is 15.9. The van der Waals surface area contributed by atoms with Gasteiger partial charge in [-0.05, 0) is 18.2 Å². The van der Waals surface area contributed by atoms with Gasteiger partial charge in [0.1, 0.15) is 22.2 Å². The van der Waals surface area contributed by atoms with Gasteiger partial charge in [0.15, 0.2) is 0 Å². The molecule has 8 nitrogen and oxygen atoms in total. The number of benzene rings is 1. The van der Waals surface area contributed by atoms with Crippen LogP contribution >= 0.6 is 0 Å². The molecule has 0 bridgehead atoms. The highest BCUT2D eigenvalue weighted by atomic mass is 32.2. The smallest absolute Gasteiger partial charge is 0.302 e. The van der Waals surface area contributed by atoms with Crippen LogP contribution in [0, 0.1) is 5.82 Å². The van der Waals surface area contributed by atoms with Crippen LogP contribution in [0.15, 0.2) is 58.6 Å². The Hall–Kier alpha value is -3.01. The number of sulfonamides is 1. The van der Waals surface area contributed by atoms with Crippen molar-refractivity contribution in [2.75, 3.05) is 4.72 Å². The minimum Gasteiger partial charge on any atom is -0.302 e. The van der Waals surface area contributed by atoms with Crippen molar-refractivity contribution >= 4 is 15.8 Å². The summed E-state index contributed by atoms with van der Waals surface area (Å²) in [5.74, 6) is -0.650. The highest BCUT2D eigenvalue weighted by Gasteiger charge is 2.18. The Morgan fingerprint density at radius 1 is 1.21 bits per heavy atom. The maximum absolute atomic E-state index is 13.7. The van der Waals surface area contributed by atoms with Gasteiger partial charge >= 0.3 is 5.69 Å². The molecule has 0 atom stereocenters. The normalized spacial score (nSPS) is 11.4. The first-order valence-corrected chi connectivity index (χ1v) is 8.21. The summed E-state index contributed by atoms with van der Waals surface area (Å²) in [6.45, 7) is 0. The molecule has 10 heteroatoms. The van der Waals surface area contributed by atoms with Crippen molar-refractivity contribution in [2.45, 2.75) is 4.90 Å². The zero-order valence-corrected chi connectivity index (χ0v) is 13.2. The standard InChI is InChI=1S/C14H12FN5O3S/c1-19-7-6-13(17-14(19)21)18-24(22,23)10-8-16-20(9-10)12-5-3-2-4-11(12)15/h2-9H,1H3,(H,17,18,21). The van der Waals surface area contributed by atoms with Gasteiger partial charge in [-0.2, -0.15) is 10.1 Å². The topological polar surface area (TPSA) is 98.9 Å². The average molecular weight is 349 g/mol. The van der Waals surface area contributed by atoms with E-state index in [1.807, 2.05) is 0 Å². The molecule has 3 aromatic rings. The first-order valence-electron chi connectivity index (χ1n) is 6.73. The van der Waals surface area contributed by atoms with Crippen LogP contribution in [0.2, 0.25) is 0 Å². The third-order valence-corrected chi connectivity index (χ3v) is 4.49. The van der Waals surface area contributed by atoms with Crippen LogP contribution in [0.1, 0.15) is 0 Å². The number of hydrogen-bond donors (Lipinski definition) is 1. The second kappa shape index (κ2) is 5.89. The Bertz CT molecular complexity index is 1060. The summed E-state index contributed by atoms with van der Waals surface area (Å²) >= 11 is 0. The van der Waals surface area contributed by atoms with Crippen LogP contribution in [0.4, 0.5) is 10.2 Å². The van der Waals surface area contributed by atoms with E-state index in [0.29, 0.717) is 0 Å². The molecule has 0 radical (unpaired) electrons. The summed E-state index contributed by atoms with van der Waals surface area (Å²) in [6, 6.07) is 7.18. The zero-order chi connectivity index (χ0) is 17.3. The largest absolute Gasteiger partial charge is 0.349 e. The Morgan fingerprint density at radius 3 is 2.67 bits per heavy atom. The van der Waals surface area contributed by atoms with Gasteiger partial charge in [-0.15, -0.1) is 0 Å². The number of para-hydroxylation sites is 1. The average Bonchev–Trinajstić information content (AvgIpc) is 3.02. The molecule has 1 N–H and O–H groups in total. The van der Waals surface area contributed by atoms with Crippen LogP contribution in [0.5, 0.6) is 0 Å². The van der Waals surface area contributed by atoms with E-state index in [1.54, 1.807) is 6.07 Å². The molecule has 2 heterocycles. The van der Waals surface area contributed by atoms with Gasteiger partial charge in [-0.3, -0.25) is 4.72 Å². The van der Waals surface area contributed by atoms with Crippen LogP contribution in [0.25, 0.3) is 5.69 Å². The summed E-state index contributed by atoms with van der Waals surface area (Å²) < 4.78 is 42.9. The molecule has 0 unspecified atom stereocenters. The highest BCUT2D eigenvalue weighted by Crippen LogP contribution is 2.17. The van der Waals surface area contributed by atoms with Crippen LogP contribution in [-0.4, -0.2) is 27.7 Å². The molecule has 0 fully saturated rings. The molecule has 1 aromatic carbocycles. The fourth-order valence-electron chi connectivity index (χ4n) is 1.93. The van der Waals surface area contributed by atoms with E-state index in [2.05, 4.69) is 14.8 Å². The molecule has 0 saturated carbocycles. The number of rotatable bonds is 4. The van der Waals surface area contributed by atoms with E-state index >= 15 is 0 Å². The summed E-state index contributed by atoms with van der Waals surface area (Å²) in [5, 5.41) is 3.86. The summed E-state index contributed by atoms with van der Waals surface area (Å²) in [5.41, 5.74) is -0.483. The van der Waals surface area contributed by atoms with Crippen LogP contribution < -0.4 is 10.4 Å². The van der Waals surface area contributed by atoms with Gasteiger partial charge < -0.3 is 4.57 Å². The van der Waals surface area contributed by atoms with Crippen molar-refractivity contribution in [3.63, 3.8) is 0 Å². The molecule has 0 spiro atoms. The van der Waals surface area contributed by atoms with Crippen molar-refractivity contribution in [3.8, 4) is 5.69 Å². The SMILES string of the molecule is Cn1ccc(NS(=O)(=O)c2cnn(-c3ccccc3F)c2)nc1=O. The van der Waals surface area contributed by atoms with E-state index in [4.69, 9.17) is 0 Å². The highest BCUT2D eigenvalue weighted by molar-refractivity contribution is 7.92. The molecule has 2 aromatic heterocycles. The molecule has 0 amide bonds. The molecule has 0 saturated heterocycles. The first-order chi connectivity index (χ1) is 11.4. The second-order valence-corrected chi connectivity index (χ2v) is 6.57. The molecule has 0 aliphatic heterocycles. The number of aromatic nitrogens is 4. The lowest BCUT2D eigenvalue weighted by Crippen LogP contribution is -2.22. The monoisotopic (exact) mass is 349 g/mol. The fraction of sp³-hybridized carbons (Fsp3) is 0.0714. The number of aryl methyl sites for hydroxylation is 1. The van der Waals surface area contributed by atoms with Crippen molar-refractivity contribution in [1.29, 1.82) is 0 Å². The Kier molecular flexibility index (Phi) is 3.89. The van der Waals surface area contributed by atoms with E-state index in [0.717, 1.165) is 10.9 Å². The maximum atomic E-state index is 13.7. The predicted octanol–water partition coefficient (Wildman–Crippen LogP) is 0.906. The summed E-state index contributed by atoms with van der Waals surface area (Å²) in [4.78, 5) is 14.9. The minimum atomic E-state index is -4.01. The van der Waals surface area contributed by atoms with Crippen molar-refractivity contribution in [1.82, 2.24) is 19.3 Å². The molecular weight excluding hydrogens is 337 g/mol. The molecule has 0 aliphatic rings. The molecule has 3 rings (SSSR count). The quantitative estimate of drug-likeness (QED) is 0.755. The van der Waals surface area contributed by atoms with Crippen molar-refractivity contribution in [3.05, 3.63) is 65.2 Å². The van der Waals surface area contributed by atoms with Gasteiger partial charge in [-0.1, -0.05) is 12.1 Å². The third kappa shape index (κ3) is 3.04. The van der Waals surface area contributed by atoms with Crippen LogP contribution in [0.3, 0.4) is 0 Å². The molecule has 124 valence electrons. The third-order valence-electron chi connectivity index (χ3n) is 3.18. The lowest BCUT2D eigenvalue weighted by Gasteiger charge is -2.05. The predicted molar refractivity (Wildman–Crippen MR) is 83.8 cm³/mol. The Labute approximate surface area is 136 Å². The van der Waals surface area contributed by atoms with Crippen molar-refractivity contribution in [2.24, 2.45) is 7.05 Å². The molecular formula is C14H12FN5O3S. The lowest BCUT2D eigenvalue weighted by atomic mass is 10.3. The van der Waals surface area contributed by atoms with E-state index in [1.165, 1.54) is 48.3 Å². The number of hydrogen-bond acceptors (Lipinski definition) is 5. The minimum absolute atomic E-state index is 0.114. The second-order valence-electron chi connectivity index (χ2n) is 4.88. The van der Waals surface area contributed by atoms with Gasteiger partial charge in [0.05, 0.1) is 12.4 Å². The summed E-state index contributed by atoms with van der Waals surface area (Å²) in [7, 11) is -2.52. The number of nitrogens with one attached hydrogen (secondary N) is 1. The van der Waals surface area contributed by atoms with E-state index < -0.39 is 21.5 Å². The zero-order valence-electron chi connectivity index (χ0n) is 12.4. The number of nitrogens with zero attached hydrogens (tertiary/aromatic N) is 4. The number of halogens is 1. The van der Waals surface area contributed by atoms with E-state index in [-0.39, 0.29) is 16.4 Å². The van der Waals surface area contributed by atoms with Gasteiger partial charge in [-0.25, -0.2) is 22.3 Å². The molecule has 24 heavy (non-hydrogen) atoms. The van der Waals surface area contributed by atoms with Crippen molar-refractivity contribution < 1.29 is 12.8 Å². The lowest BCUT2D eigenvalue weighted by molar-refractivity contribution is 0.600. The van der Waals surface area contributed by atoms with Crippen LogP contribution in [-0.2, 0) is 17.1 Å². The Morgan fingerprint density at radius 2 is 1.96 bits per heavy atom. The Balaban J connectivity index is 1.92. The number of anilines is 1. The fourth-order valence-corrected chi connectivity index (χ4v) is 2.86. The summed E-state index contributed by atoms with van der Waals surface area (Å²) in [6.07, 6.45) is 3.63. The van der Waals surface area contributed by atoms with Gasteiger partial charge in [0.25, 0.3) is 10.0 Å². The molecule has 0 aliphatic carbocycles. The van der Waals surface area contributed by atoms with Gasteiger partial charge in [0.2, 0.25) is 0 Å². The van der Waals surface area contributed by atoms with E-state index in [9.17, 15) is 17.6 Å². The maximum Gasteiger partial charge on any atom is 0.349 e.